The van der Waals surface area contributed by atoms with Gasteiger partial charge < -0.3 is 34.6 Å². The van der Waals surface area contributed by atoms with E-state index in [0.29, 0.717) is 23.0 Å². The molecule has 1 aliphatic rings. The third-order valence-electron chi connectivity index (χ3n) is 7.53. The van der Waals surface area contributed by atoms with Crippen LogP contribution in [0.15, 0.2) is 48.8 Å². The Morgan fingerprint density at radius 2 is 1.53 bits per heavy atom. The standard InChI is InChI=1S/C32H44N8O5/c1-9-38-12-14-39(15-13-38)22-10-11-27(26(33)18-22)36(5)28-20-29(35-21-34-28)37(6)30(41)40(31(42)45-32(2,3)4)23-16-24(43-7)19-25(17-23)44-8/h10-11,16-21H,9,12-15,33H2,1-8H3. The molecular weight excluding hydrogens is 576 g/mol. The van der Waals surface area contributed by atoms with Crippen LogP contribution in [0.3, 0.4) is 0 Å². The molecule has 1 aromatic heterocycles. The van der Waals surface area contributed by atoms with Crippen LogP contribution < -0.4 is 34.8 Å². The zero-order valence-corrected chi connectivity index (χ0v) is 27.4. The summed E-state index contributed by atoms with van der Waals surface area (Å²) in [6, 6.07) is 11.7. The number of ether oxygens (including phenoxy) is 3. The number of benzene rings is 2. The van der Waals surface area contributed by atoms with Gasteiger partial charge in [0.1, 0.15) is 35.1 Å². The molecule has 13 heteroatoms. The number of nitrogens with two attached hydrogens (primary N) is 1. The number of likely N-dealkylation sites (N-methyl/N-ethyl adjacent to an activating group) is 1. The molecule has 0 radical (unpaired) electrons. The molecule has 0 spiro atoms. The van der Waals surface area contributed by atoms with Gasteiger partial charge in [0.05, 0.1) is 31.3 Å². The van der Waals surface area contributed by atoms with Crippen molar-refractivity contribution in [1.82, 2.24) is 14.9 Å². The molecule has 0 unspecified atom stereocenters. The number of nitrogens with zero attached hydrogens (tertiary/aromatic N) is 7. The number of hydrogen-bond acceptors (Lipinski definition) is 11. The molecule has 0 saturated carbocycles. The number of rotatable bonds is 8. The van der Waals surface area contributed by atoms with Gasteiger partial charge in [-0.1, -0.05) is 6.92 Å². The number of amides is 3. The van der Waals surface area contributed by atoms with Gasteiger partial charge in [-0.25, -0.2) is 19.6 Å². The smallest absolute Gasteiger partial charge is 0.423 e. The molecule has 1 fully saturated rings. The Morgan fingerprint density at radius 3 is 2.09 bits per heavy atom. The number of anilines is 6. The highest BCUT2D eigenvalue weighted by Gasteiger charge is 2.33. The van der Waals surface area contributed by atoms with Gasteiger partial charge in [0.25, 0.3) is 0 Å². The fourth-order valence-corrected chi connectivity index (χ4v) is 4.96. The fourth-order valence-electron chi connectivity index (χ4n) is 4.96. The SMILES string of the molecule is CCN1CCN(c2ccc(N(C)c3cc(N(C)C(=O)N(C(=O)OC(C)(C)C)c4cc(OC)cc(OC)c4)ncn3)c(N)c2)CC1. The van der Waals surface area contributed by atoms with Crippen LogP contribution in [0.2, 0.25) is 0 Å². The summed E-state index contributed by atoms with van der Waals surface area (Å²) in [7, 11) is 6.33. The van der Waals surface area contributed by atoms with E-state index in [1.165, 1.54) is 32.5 Å². The fraction of sp³-hybridized carbons (Fsp3) is 0.438. The molecule has 3 aromatic rings. The first-order chi connectivity index (χ1) is 21.3. The number of methoxy groups -OCH3 is 2. The lowest BCUT2D eigenvalue weighted by Crippen LogP contribution is -2.47. The molecule has 13 nitrogen and oxygen atoms in total. The summed E-state index contributed by atoms with van der Waals surface area (Å²) in [5.74, 6) is 1.55. The van der Waals surface area contributed by atoms with E-state index in [1.807, 2.05) is 24.1 Å². The Labute approximate surface area is 265 Å². The Kier molecular flexibility index (Phi) is 10.2. The van der Waals surface area contributed by atoms with E-state index in [2.05, 4.69) is 32.8 Å². The normalized spacial score (nSPS) is 13.6. The molecule has 1 saturated heterocycles. The second kappa shape index (κ2) is 13.9. The van der Waals surface area contributed by atoms with Gasteiger partial charge in [-0.2, -0.15) is 4.90 Å². The number of carbonyl (C=O) groups is 2. The molecule has 45 heavy (non-hydrogen) atoms. The summed E-state index contributed by atoms with van der Waals surface area (Å²) in [5, 5.41) is 0. The van der Waals surface area contributed by atoms with E-state index < -0.39 is 17.7 Å². The van der Waals surface area contributed by atoms with Crippen molar-refractivity contribution in [2.75, 3.05) is 86.4 Å². The molecule has 4 rings (SSSR count). The topological polar surface area (TPSA) is 130 Å². The molecule has 2 aromatic carbocycles. The maximum absolute atomic E-state index is 14.0. The van der Waals surface area contributed by atoms with Crippen molar-refractivity contribution in [1.29, 1.82) is 0 Å². The molecule has 1 aliphatic heterocycles. The Balaban J connectivity index is 1.61. The van der Waals surface area contributed by atoms with Gasteiger partial charge in [-0.15, -0.1) is 0 Å². The number of carbonyl (C=O) groups excluding carboxylic acids is 2. The first-order valence-corrected chi connectivity index (χ1v) is 14.8. The van der Waals surface area contributed by atoms with Crippen LogP contribution >= 0.6 is 0 Å². The summed E-state index contributed by atoms with van der Waals surface area (Å²) in [6.45, 7) is 12.3. The van der Waals surface area contributed by atoms with Crippen LogP contribution in [-0.2, 0) is 4.74 Å². The molecule has 0 bridgehead atoms. The van der Waals surface area contributed by atoms with E-state index in [4.69, 9.17) is 19.9 Å². The summed E-state index contributed by atoms with van der Waals surface area (Å²) in [4.78, 5) is 44.9. The molecule has 3 amide bonds. The first-order valence-electron chi connectivity index (χ1n) is 14.8. The average molecular weight is 621 g/mol. The van der Waals surface area contributed by atoms with Crippen LogP contribution in [0, 0.1) is 0 Å². The highest BCUT2D eigenvalue weighted by Crippen LogP contribution is 2.34. The second-order valence-electron chi connectivity index (χ2n) is 11.7. The first kappa shape index (κ1) is 33.1. The van der Waals surface area contributed by atoms with E-state index >= 15 is 0 Å². The molecule has 0 atom stereocenters. The van der Waals surface area contributed by atoms with Gasteiger partial charge in [-0.05, 0) is 45.5 Å². The van der Waals surface area contributed by atoms with E-state index in [0.717, 1.165) is 49.0 Å². The van der Waals surface area contributed by atoms with Crippen LogP contribution in [-0.4, -0.2) is 93.6 Å². The number of aromatic nitrogens is 2. The van der Waals surface area contributed by atoms with Crippen LogP contribution in [0.25, 0.3) is 0 Å². The van der Waals surface area contributed by atoms with Gasteiger partial charge in [0.2, 0.25) is 0 Å². The minimum absolute atomic E-state index is 0.202. The van der Waals surface area contributed by atoms with E-state index in [1.54, 1.807) is 45.0 Å². The summed E-state index contributed by atoms with van der Waals surface area (Å²) in [5.41, 5.74) is 8.30. The largest absolute Gasteiger partial charge is 0.497 e. The Morgan fingerprint density at radius 1 is 0.911 bits per heavy atom. The van der Waals surface area contributed by atoms with Crippen molar-refractivity contribution < 1.29 is 23.8 Å². The third-order valence-corrected chi connectivity index (χ3v) is 7.53. The van der Waals surface area contributed by atoms with E-state index in [9.17, 15) is 9.59 Å². The van der Waals surface area contributed by atoms with Crippen LogP contribution in [0.1, 0.15) is 27.7 Å². The Hall–Kier alpha value is -4.78. The van der Waals surface area contributed by atoms with Crippen molar-refractivity contribution >= 4 is 46.5 Å². The van der Waals surface area contributed by atoms with Gasteiger partial charge in [0.15, 0.2) is 0 Å². The van der Waals surface area contributed by atoms with Gasteiger partial charge in [0, 0.05) is 70.2 Å². The van der Waals surface area contributed by atoms with Crippen molar-refractivity contribution in [2.24, 2.45) is 0 Å². The molecule has 242 valence electrons. The average Bonchev–Trinajstić information content (AvgIpc) is 3.03. The van der Waals surface area contributed by atoms with Crippen molar-refractivity contribution in [3.8, 4) is 11.5 Å². The second-order valence-corrected chi connectivity index (χ2v) is 11.7. The summed E-state index contributed by atoms with van der Waals surface area (Å²) < 4.78 is 16.3. The molecule has 2 heterocycles. The quantitative estimate of drug-likeness (QED) is 0.342. The van der Waals surface area contributed by atoms with E-state index in [-0.39, 0.29) is 11.5 Å². The number of urea groups is 1. The van der Waals surface area contributed by atoms with Crippen molar-refractivity contribution in [2.45, 2.75) is 33.3 Å². The molecule has 0 aliphatic carbocycles. The lowest BCUT2D eigenvalue weighted by molar-refractivity contribution is 0.0594. The minimum Gasteiger partial charge on any atom is -0.497 e. The van der Waals surface area contributed by atoms with Gasteiger partial charge in [-0.3, -0.25) is 4.90 Å². The number of piperazine rings is 1. The lowest BCUT2D eigenvalue weighted by Gasteiger charge is -2.36. The minimum atomic E-state index is -0.870. The maximum Gasteiger partial charge on any atom is 0.423 e. The number of nitrogen functional groups attached to an aromatic ring is 1. The molecular formula is C32H44N8O5. The van der Waals surface area contributed by atoms with Crippen LogP contribution in [0.5, 0.6) is 11.5 Å². The summed E-state index contributed by atoms with van der Waals surface area (Å²) in [6.07, 6.45) is 0.486. The van der Waals surface area contributed by atoms with Crippen molar-refractivity contribution in [3.63, 3.8) is 0 Å². The zero-order chi connectivity index (χ0) is 32.9. The third kappa shape index (κ3) is 7.85. The monoisotopic (exact) mass is 620 g/mol. The lowest BCUT2D eigenvalue weighted by atomic mass is 10.2. The highest BCUT2D eigenvalue weighted by molar-refractivity contribution is 6.17. The number of hydrogen-bond donors (Lipinski definition) is 1. The zero-order valence-electron chi connectivity index (χ0n) is 27.4. The van der Waals surface area contributed by atoms with Crippen molar-refractivity contribution in [3.05, 3.63) is 48.8 Å². The number of imide groups is 1. The molecule has 2 N–H and O–H groups in total. The van der Waals surface area contributed by atoms with Crippen LogP contribution in [0.4, 0.5) is 44.0 Å². The predicted octanol–water partition coefficient (Wildman–Crippen LogP) is 4.98. The summed E-state index contributed by atoms with van der Waals surface area (Å²) >= 11 is 0. The predicted molar refractivity (Wildman–Crippen MR) is 177 cm³/mol. The van der Waals surface area contributed by atoms with Gasteiger partial charge >= 0.3 is 12.1 Å². The Bertz CT molecular complexity index is 1480. The highest BCUT2D eigenvalue weighted by atomic mass is 16.6. The maximum atomic E-state index is 14.0.